The Labute approximate surface area is 179 Å². The van der Waals surface area contributed by atoms with Crippen LogP contribution in [0.4, 0.5) is 5.82 Å². The molecule has 0 amide bonds. The number of hydrogen-bond acceptors (Lipinski definition) is 6. The summed E-state index contributed by atoms with van der Waals surface area (Å²) >= 11 is 6.42. The van der Waals surface area contributed by atoms with Gasteiger partial charge in [-0.25, -0.2) is 4.98 Å². The minimum Gasteiger partial charge on any atom is -0.459 e. The Kier molecular flexibility index (Phi) is 7.59. The molecule has 0 atom stereocenters. The molecule has 7 nitrogen and oxygen atoms in total. The van der Waals surface area contributed by atoms with Crippen molar-refractivity contribution in [1.82, 2.24) is 9.55 Å². The largest absolute Gasteiger partial charge is 0.459 e. The summed E-state index contributed by atoms with van der Waals surface area (Å²) in [7, 11) is 0. The number of aromatic nitrogens is 2. The fourth-order valence-electron chi connectivity index (χ4n) is 2.90. The van der Waals surface area contributed by atoms with Crippen LogP contribution < -0.4 is 16.6 Å². The molecule has 0 bridgehead atoms. The number of benzene rings is 2. The van der Waals surface area contributed by atoms with E-state index in [1.165, 1.54) is 4.57 Å². The second kappa shape index (κ2) is 10.6. The van der Waals surface area contributed by atoms with Gasteiger partial charge in [0.1, 0.15) is 13.2 Å². The van der Waals surface area contributed by atoms with Crippen molar-refractivity contribution in [2.75, 3.05) is 18.4 Å². The fraction of sp³-hybridized carbons (Fsp3) is 0.227. The van der Waals surface area contributed by atoms with E-state index in [2.05, 4.69) is 10.3 Å². The van der Waals surface area contributed by atoms with Crippen LogP contribution in [0.5, 0.6) is 0 Å². The molecule has 0 unspecified atom stereocenters. The Bertz CT molecular complexity index is 1040. The summed E-state index contributed by atoms with van der Waals surface area (Å²) in [4.78, 5) is 29.8. The fourth-order valence-corrected chi connectivity index (χ4v) is 3.19. The lowest BCUT2D eigenvalue weighted by atomic mass is 10.1. The summed E-state index contributed by atoms with van der Waals surface area (Å²) in [5, 5.41) is 3.06. The third-order valence-electron chi connectivity index (χ3n) is 4.37. The average Bonchev–Trinajstić information content (AvgIpc) is 2.77. The molecule has 0 aliphatic carbocycles. The van der Waals surface area contributed by atoms with Crippen LogP contribution in [0.25, 0.3) is 11.3 Å². The highest BCUT2D eigenvalue weighted by Gasteiger charge is 2.19. The number of ether oxygens (including phenoxy) is 1. The lowest BCUT2D eigenvalue weighted by Gasteiger charge is -2.16. The highest BCUT2D eigenvalue weighted by Crippen LogP contribution is 2.26. The number of carbonyl (C=O) groups excluding carboxylic acids is 1. The Morgan fingerprint density at radius 3 is 2.43 bits per heavy atom. The van der Waals surface area contributed by atoms with Crippen molar-refractivity contribution in [3.05, 3.63) is 81.7 Å². The quantitative estimate of drug-likeness (QED) is 0.403. The summed E-state index contributed by atoms with van der Waals surface area (Å²) in [5.74, 6) is -0.475. The molecule has 0 fully saturated rings. The van der Waals surface area contributed by atoms with E-state index in [0.717, 1.165) is 5.56 Å². The third-order valence-corrected chi connectivity index (χ3v) is 4.64. The minimum absolute atomic E-state index is 0.0731. The molecule has 0 saturated carbocycles. The summed E-state index contributed by atoms with van der Waals surface area (Å²) in [6.45, 7) is 0.778. The maximum atomic E-state index is 13.1. The zero-order valence-electron chi connectivity index (χ0n) is 16.4. The third kappa shape index (κ3) is 5.46. The number of halogens is 1. The molecule has 0 aliphatic rings. The maximum Gasteiger partial charge on any atom is 0.326 e. The van der Waals surface area contributed by atoms with Crippen LogP contribution in [-0.4, -0.2) is 28.6 Å². The summed E-state index contributed by atoms with van der Waals surface area (Å²) in [5.41, 5.74) is 6.96. The summed E-state index contributed by atoms with van der Waals surface area (Å²) in [6, 6.07) is 18.4. The van der Waals surface area contributed by atoms with Crippen molar-refractivity contribution in [3.63, 3.8) is 0 Å². The highest BCUT2D eigenvalue weighted by atomic mass is 35.5. The number of esters is 1. The maximum absolute atomic E-state index is 13.1. The van der Waals surface area contributed by atoms with Gasteiger partial charge in [0.15, 0.2) is 11.0 Å². The van der Waals surface area contributed by atoms with Crippen LogP contribution in [0.1, 0.15) is 12.0 Å². The first-order chi connectivity index (χ1) is 14.6. The van der Waals surface area contributed by atoms with E-state index in [0.29, 0.717) is 30.8 Å². The van der Waals surface area contributed by atoms with Crippen LogP contribution in [0.15, 0.2) is 65.5 Å². The van der Waals surface area contributed by atoms with Gasteiger partial charge in [-0.1, -0.05) is 72.3 Å². The molecule has 3 rings (SSSR count). The number of nitrogens with one attached hydrogen (secondary N) is 1. The van der Waals surface area contributed by atoms with Crippen molar-refractivity contribution in [1.29, 1.82) is 0 Å². The van der Waals surface area contributed by atoms with Gasteiger partial charge in [-0.15, -0.1) is 0 Å². The minimum atomic E-state index is -0.548. The standard InChI is InChI=1S/C22H23ClN4O3/c23-20-19(17-10-5-2-6-11-17)27(22(29)21(26-20)25-13-7-12-24)14-18(28)30-15-16-8-3-1-4-9-16/h1-6,8-11H,7,12-15,24H2,(H,25,26). The predicted molar refractivity (Wildman–Crippen MR) is 117 cm³/mol. The molecule has 1 heterocycles. The first-order valence-electron chi connectivity index (χ1n) is 9.59. The number of anilines is 1. The van der Waals surface area contributed by atoms with Crippen molar-refractivity contribution in [2.24, 2.45) is 5.73 Å². The number of nitrogens with zero attached hydrogens (tertiary/aromatic N) is 2. The van der Waals surface area contributed by atoms with Gasteiger partial charge >= 0.3 is 5.97 Å². The number of carbonyl (C=O) groups is 1. The molecule has 30 heavy (non-hydrogen) atoms. The smallest absolute Gasteiger partial charge is 0.326 e. The molecule has 1 aromatic heterocycles. The van der Waals surface area contributed by atoms with Gasteiger partial charge in [0.25, 0.3) is 5.56 Å². The SMILES string of the molecule is NCCCNc1nc(Cl)c(-c2ccccc2)n(CC(=O)OCc2ccccc2)c1=O. The van der Waals surface area contributed by atoms with Gasteiger partial charge in [-0.3, -0.25) is 14.2 Å². The lowest BCUT2D eigenvalue weighted by Crippen LogP contribution is -2.30. The molecular weight excluding hydrogens is 404 g/mol. The van der Waals surface area contributed by atoms with Crippen LogP contribution in [0.2, 0.25) is 5.15 Å². The van der Waals surface area contributed by atoms with Crippen molar-refractivity contribution in [2.45, 2.75) is 19.6 Å². The first-order valence-corrected chi connectivity index (χ1v) is 9.97. The Balaban J connectivity index is 1.90. The zero-order chi connectivity index (χ0) is 21.3. The molecule has 2 aromatic carbocycles. The Morgan fingerprint density at radius 2 is 1.77 bits per heavy atom. The molecule has 3 aromatic rings. The van der Waals surface area contributed by atoms with E-state index in [-0.39, 0.29) is 24.1 Å². The van der Waals surface area contributed by atoms with Gasteiger partial charge < -0.3 is 15.8 Å². The predicted octanol–water partition coefficient (Wildman–Crippen LogP) is 3.07. The van der Waals surface area contributed by atoms with Gasteiger partial charge in [0.05, 0.1) is 5.69 Å². The topological polar surface area (TPSA) is 99.2 Å². The van der Waals surface area contributed by atoms with E-state index in [1.807, 2.05) is 48.5 Å². The lowest BCUT2D eigenvalue weighted by molar-refractivity contribution is -0.145. The molecule has 0 saturated heterocycles. The molecule has 3 N–H and O–H groups in total. The molecule has 8 heteroatoms. The Morgan fingerprint density at radius 1 is 1.10 bits per heavy atom. The van der Waals surface area contributed by atoms with Crippen molar-refractivity contribution in [3.8, 4) is 11.3 Å². The van der Waals surface area contributed by atoms with Gasteiger partial charge in [0, 0.05) is 12.1 Å². The van der Waals surface area contributed by atoms with E-state index in [1.54, 1.807) is 12.1 Å². The normalized spacial score (nSPS) is 10.6. The summed E-state index contributed by atoms with van der Waals surface area (Å²) < 4.78 is 6.65. The molecule has 156 valence electrons. The van der Waals surface area contributed by atoms with Gasteiger partial charge in [0.2, 0.25) is 0 Å². The average molecular weight is 427 g/mol. The number of rotatable bonds is 9. The van der Waals surface area contributed by atoms with Crippen molar-refractivity contribution >= 4 is 23.4 Å². The molecule has 0 spiro atoms. The number of nitrogens with two attached hydrogens (primary N) is 1. The van der Waals surface area contributed by atoms with Crippen LogP contribution in [-0.2, 0) is 22.7 Å². The van der Waals surface area contributed by atoms with Crippen LogP contribution in [0.3, 0.4) is 0 Å². The highest BCUT2D eigenvalue weighted by molar-refractivity contribution is 6.32. The molecular formula is C22H23ClN4O3. The Hall–Kier alpha value is -3.16. The second-order valence-corrected chi connectivity index (χ2v) is 6.93. The van der Waals surface area contributed by atoms with Gasteiger partial charge in [-0.2, -0.15) is 0 Å². The van der Waals surface area contributed by atoms with E-state index >= 15 is 0 Å². The monoisotopic (exact) mass is 426 g/mol. The molecule has 0 radical (unpaired) electrons. The molecule has 0 aliphatic heterocycles. The van der Waals surface area contributed by atoms with Crippen LogP contribution >= 0.6 is 11.6 Å². The number of hydrogen-bond donors (Lipinski definition) is 2. The second-order valence-electron chi connectivity index (χ2n) is 6.57. The van der Waals surface area contributed by atoms with E-state index < -0.39 is 11.5 Å². The van der Waals surface area contributed by atoms with E-state index in [4.69, 9.17) is 22.1 Å². The zero-order valence-corrected chi connectivity index (χ0v) is 17.1. The first kappa shape index (κ1) is 21.5. The summed E-state index contributed by atoms with van der Waals surface area (Å²) in [6.07, 6.45) is 0.665. The van der Waals surface area contributed by atoms with Gasteiger partial charge in [-0.05, 0) is 18.5 Å². The van der Waals surface area contributed by atoms with E-state index in [9.17, 15) is 9.59 Å². The van der Waals surface area contributed by atoms with Crippen molar-refractivity contribution < 1.29 is 9.53 Å². The van der Waals surface area contributed by atoms with Crippen LogP contribution in [0, 0.1) is 0 Å².